The van der Waals surface area contributed by atoms with Gasteiger partial charge in [0, 0.05) is 30.2 Å². The average molecular weight is 416 g/mol. The molecule has 5 nitrogen and oxygen atoms in total. The smallest absolute Gasteiger partial charge is 0.251 e. The highest BCUT2D eigenvalue weighted by Crippen LogP contribution is 2.36. The zero-order valence-corrected chi connectivity index (χ0v) is 18.2. The molecule has 1 unspecified atom stereocenters. The minimum Gasteiger partial charge on any atom is -0.356 e. The summed E-state index contributed by atoms with van der Waals surface area (Å²) in [6, 6.07) is 15.8. The van der Waals surface area contributed by atoms with Gasteiger partial charge in [0.05, 0.1) is 10.9 Å². The number of hydrogen-bond donors (Lipinski definition) is 2. The third kappa shape index (κ3) is 4.46. The molecule has 0 radical (unpaired) electrons. The van der Waals surface area contributed by atoms with Crippen LogP contribution in [0.15, 0.2) is 54.7 Å². The van der Waals surface area contributed by atoms with Gasteiger partial charge in [-0.3, -0.25) is 14.6 Å². The number of pyridine rings is 1. The van der Waals surface area contributed by atoms with E-state index in [2.05, 4.69) is 22.5 Å². The van der Waals surface area contributed by atoms with E-state index in [1.165, 1.54) is 5.56 Å². The van der Waals surface area contributed by atoms with Gasteiger partial charge < -0.3 is 10.6 Å². The second-order valence-corrected chi connectivity index (χ2v) is 8.65. The summed E-state index contributed by atoms with van der Waals surface area (Å²) < 4.78 is 0. The Hall–Kier alpha value is -3.21. The number of para-hydroxylation sites is 1. The van der Waals surface area contributed by atoms with E-state index in [-0.39, 0.29) is 17.2 Å². The summed E-state index contributed by atoms with van der Waals surface area (Å²) in [5.41, 5.74) is 4.52. The van der Waals surface area contributed by atoms with Crippen molar-refractivity contribution in [3.05, 3.63) is 77.0 Å². The van der Waals surface area contributed by atoms with Crippen LogP contribution in [0.3, 0.4) is 0 Å². The SMILES string of the molecule is CCCNC(=O)C1(C)CCc2cc(C(=O)NCc3cccc4cccnc34)ccc2C1. The van der Waals surface area contributed by atoms with Crippen molar-refractivity contribution in [2.75, 3.05) is 6.54 Å². The van der Waals surface area contributed by atoms with Crippen molar-refractivity contribution in [1.82, 2.24) is 15.6 Å². The highest BCUT2D eigenvalue weighted by Gasteiger charge is 2.36. The fourth-order valence-electron chi connectivity index (χ4n) is 4.32. The van der Waals surface area contributed by atoms with Crippen LogP contribution in [0.1, 0.15) is 53.7 Å². The lowest BCUT2D eigenvalue weighted by Gasteiger charge is -2.33. The van der Waals surface area contributed by atoms with Gasteiger partial charge in [-0.1, -0.05) is 44.2 Å². The van der Waals surface area contributed by atoms with Crippen LogP contribution in [-0.4, -0.2) is 23.3 Å². The second kappa shape index (κ2) is 8.88. The molecule has 2 aromatic carbocycles. The maximum absolute atomic E-state index is 12.8. The Bertz CT molecular complexity index is 1120. The second-order valence-electron chi connectivity index (χ2n) is 8.65. The number of aromatic nitrogens is 1. The number of fused-ring (bicyclic) bond motifs is 2. The van der Waals surface area contributed by atoms with Crippen molar-refractivity contribution in [1.29, 1.82) is 0 Å². The van der Waals surface area contributed by atoms with E-state index in [9.17, 15) is 9.59 Å². The summed E-state index contributed by atoms with van der Waals surface area (Å²) in [5, 5.41) is 7.13. The third-order valence-corrected chi connectivity index (χ3v) is 6.23. The molecule has 1 aliphatic rings. The van der Waals surface area contributed by atoms with Gasteiger partial charge in [0.2, 0.25) is 5.91 Å². The van der Waals surface area contributed by atoms with Gasteiger partial charge in [0.15, 0.2) is 0 Å². The van der Waals surface area contributed by atoms with Gasteiger partial charge in [-0.05, 0) is 60.6 Å². The predicted molar refractivity (Wildman–Crippen MR) is 123 cm³/mol. The summed E-state index contributed by atoms with van der Waals surface area (Å²) in [6.07, 6.45) is 5.02. The predicted octanol–water partition coefficient (Wildman–Crippen LogP) is 4.19. The molecule has 1 aliphatic carbocycles. The van der Waals surface area contributed by atoms with E-state index in [0.717, 1.165) is 41.3 Å². The summed E-state index contributed by atoms with van der Waals surface area (Å²) in [4.78, 5) is 29.8. The molecule has 1 atom stereocenters. The lowest BCUT2D eigenvalue weighted by atomic mass is 9.72. The zero-order valence-electron chi connectivity index (χ0n) is 18.2. The number of carbonyl (C=O) groups excluding carboxylic acids is 2. The minimum atomic E-state index is -0.382. The molecule has 2 N–H and O–H groups in total. The van der Waals surface area contributed by atoms with E-state index < -0.39 is 0 Å². The molecule has 160 valence electrons. The number of amides is 2. The largest absolute Gasteiger partial charge is 0.356 e. The molecular formula is C26H29N3O2. The van der Waals surface area contributed by atoms with E-state index in [0.29, 0.717) is 25.1 Å². The highest BCUT2D eigenvalue weighted by molar-refractivity contribution is 5.95. The van der Waals surface area contributed by atoms with E-state index in [4.69, 9.17) is 0 Å². The molecule has 1 aromatic heterocycles. The van der Waals surface area contributed by atoms with E-state index in [1.54, 1.807) is 6.20 Å². The average Bonchev–Trinajstić information content (AvgIpc) is 2.80. The Labute approximate surface area is 183 Å². The topological polar surface area (TPSA) is 71.1 Å². The first-order chi connectivity index (χ1) is 15.0. The van der Waals surface area contributed by atoms with Crippen LogP contribution in [0.4, 0.5) is 0 Å². The molecule has 3 aromatic rings. The van der Waals surface area contributed by atoms with Crippen molar-refractivity contribution in [3.8, 4) is 0 Å². The van der Waals surface area contributed by atoms with Crippen molar-refractivity contribution in [2.45, 2.75) is 46.1 Å². The molecule has 1 heterocycles. The van der Waals surface area contributed by atoms with Crippen molar-refractivity contribution >= 4 is 22.7 Å². The number of benzene rings is 2. The highest BCUT2D eigenvalue weighted by atomic mass is 16.2. The van der Waals surface area contributed by atoms with Crippen LogP contribution < -0.4 is 10.6 Å². The molecular weight excluding hydrogens is 386 g/mol. The Kier molecular flexibility index (Phi) is 6.03. The van der Waals surface area contributed by atoms with Crippen LogP contribution in [0.5, 0.6) is 0 Å². The Morgan fingerprint density at radius 1 is 1.06 bits per heavy atom. The molecule has 0 saturated heterocycles. The molecule has 5 heteroatoms. The first kappa shape index (κ1) is 21.0. The van der Waals surface area contributed by atoms with E-state index >= 15 is 0 Å². The van der Waals surface area contributed by atoms with E-state index in [1.807, 2.05) is 55.5 Å². The first-order valence-electron chi connectivity index (χ1n) is 11.0. The van der Waals surface area contributed by atoms with Crippen molar-refractivity contribution in [3.63, 3.8) is 0 Å². The minimum absolute atomic E-state index is 0.0928. The lowest BCUT2D eigenvalue weighted by molar-refractivity contribution is -0.130. The zero-order chi connectivity index (χ0) is 21.8. The molecule has 0 fully saturated rings. The Balaban J connectivity index is 1.44. The van der Waals surface area contributed by atoms with Crippen molar-refractivity contribution in [2.24, 2.45) is 5.41 Å². The summed E-state index contributed by atoms with van der Waals surface area (Å²) >= 11 is 0. The van der Waals surface area contributed by atoms with Gasteiger partial charge in [-0.2, -0.15) is 0 Å². The van der Waals surface area contributed by atoms with Gasteiger partial charge >= 0.3 is 0 Å². The van der Waals surface area contributed by atoms with Gasteiger partial charge in [0.1, 0.15) is 0 Å². The number of nitrogens with one attached hydrogen (secondary N) is 2. The molecule has 0 spiro atoms. The molecule has 31 heavy (non-hydrogen) atoms. The number of rotatable bonds is 6. The van der Waals surface area contributed by atoms with Crippen LogP contribution in [0.2, 0.25) is 0 Å². The maximum atomic E-state index is 12.8. The number of aryl methyl sites for hydroxylation is 1. The Morgan fingerprint density at radius 3 is 2.74 bits per heavy atom. The number of hydrogen-bond acceptors (Lipinski definition) is 3. The van der Waals surface area contributed by atoms with Gasteiger partial charge in [-0.15, -0.1) is 0 Å². The third-order valence-electron chi connectivity index (χ3n) is 6.23. The first-order valence-corrected chi connectivity index (χ1v) is 11.0. The Morgan fingerprint density at radius 2 is 1.90 bits per heavy atom. The van der Waals surface area contributed by atoms with Crippen LogP contribution in [0, 0.1) is 5.41 Å². The van der Waals surface area contributed by atoms with Crippen LogP contribution in [-0.2, 0) is 24.2 Å². The monoisotopic (exact) mass is 415 g/mol. The maximum Gasteiger partial charge on any atom is 0.251 e. The fourth-order valence-corrected chi connectivity index (χ4v) is 4.32. The van der Waals surface area contributed by atoms with Gasteiger partial charge in [0.25, 0.3) is 5.91 Å². The molecule has 0 saturated carbocycles. The quantitative estimate of drug-likeness (QED) is 0.634. The van der Waals surface area contributed by atoms with Gasteiger partial charge in [-0.25, -0.2) is 0 Å². The molecule has 0 bridgehead atoms. The summed E-state index contributed by atoms with van der Waals surface area (Å²) in [6.45, 7) is 5.24. The lowest BCUT2D eigenvalue weighted by Crippen LogP contribution is -2.42. The number of carbonyl (C=O) groups is 2. The summed E-state index contributed by atoms with van der Waals surface area (Å²) in [5.74, 6) is 0.0373. The number of nitrogens with zero attached hydrogens (tertiary/aromatic N) is 1. The van der Waals surface area contributed by atoms with Crippen LogP contribution >= 0.6 is 0 Å². The molecule has 4 rings (SSSR count). The summed E-state index contributed by atoms with van der Waals surface area (Å²) in [7, 11) is 0. The molecule has 2 amide bonds. The normalized spacial score (nSPS) is 17.7. The fraction of sp³-hybridized carbons (Fsp3) is 0.346. The molecule has 0 aliphatic heterocycles. The van der Waals surface area contributed by atoms with Crippen molar-refractivity contribution < 1.29 is 9.59 Å². The standard InChI is InChI=1S/C26H29N3O2/c1-3-13-28-25(31)26(2)12-11-19-15-20(9-10-21(19)16-26)24(30)29-17-22-7-4-6-18-8-5-14-27-23(18)22/h4-10,14-15H,3,11-13,16-17H2,1-2H3,(H,28,31)(H,29,30). The van der Waals surface area contributed by atoms with Crippen LogP contribution in [0.25, 0.3) is 10.9 Å².